The molecule has 0 aromatic heterocycles. The van der Waals surface area contributed by atoms with Gasteiger partial charge in [-0.05, 0) is 65.0 Å². The van der Waals surface area contributed by atoms with E-state index in [1.807, 2.05) is 30.3 Å². The monoisotopic (exact) mass is 478 g/mol. The van der Waals surface area contributed by atoms with Crippen LogP contribution in [0.15, 0.2) is 46.9 Å². The molecule has 0 radical (unpaired) electrons. The number of ether oxygens (including phenoxy) is 2. The highest BCUT2D eigenvalue weighted by atomic mass is 79.9. The largest absolute Gasteiger partial charge is 0.494 e. The van der Waals surface area contributed by atoms with E-state index in [1.54, 1.807) is 6.07 Å². The van der Waals surface area contributed by atoms with Crippen LogP contribution in [0.1, 0.15) is 31.2 Å². The Bertz CT molecular complexity index is 841. The van der Waals surface area contributed by atoms with Crippen molar-refractivity contribution in [1.82, 2.24) is 10.2 Å². The molecule has 1 heterocycles. The van der Waals surface area contributed by atoms with Crippen LogP contribution in [0.5, 0.6) is 11.5 Å². The summed E-state index contributed by atoms with van der Waals surface area (Å²) in [5, 5.41) is 3.13. The van der Waals surface area contributed by atoms with Crippen LogP contribution in [0.4, 0.5) is 4.39 Å². The Hall–Kier alpha value is -2.12. The molecule has 5 nitrogen and oxygen atoms in total. The first kappa shape index (κ1) is 22.6. The molecule has 7 heteroatoms. The van der Waals surface area contributed by atoms with Crippen molar-refractivity contribution in [2.45, 2.75) is 38.3 Å². The molecule has 1 aliphatic heterocycles. The highest BCUT2D eigenvalue weighted by Gasteiger charge is 2.21. The molecule has 1 amide bonds. The van der Waals surface area contributed by atoms with Gasteiger partial charge in [0.05, 0.1) is 18.2 Å². The molecular formula is C23H28BrFN2O3. The second-order valence-electron chi connectivity index (χ2n) is 7.47. The minimum Gasteiger partial charge on any atom is -0.494 e. The van der Waals surface area contributed by atoms with Crippen molar-refractivity contribution in [1.29, 1.82) is 0 Å². The zero-order valence-electron chi connectivity index (χ0n) is 17.2. The fourth-order valence-corrected chi connectivity index (χ4v) is 3.98. The highest BCUT2D eigenvalue weighted by Crippen LogP contribution is 2.24. The van der Waals surface area contributed by atoms with Crippen LogP contribution in [0, 0.1) is 5.82 Å². The lowest BCUT2D eigenvalue weighted by Gasteiger charge is -2.32. The van der Waals surface area contributed by atoms with E-state index in [4.69, 9.17) is 9.47 Å². The van der Waals surface area contributed by atoms with Gasteiger partial charge < -0.3 is 14.8 Å². The topological polar surface area (TPSA) is 50.8 Å². The van der Waals surface area contributed by atoms with E-state index in [0.29, 0.717) is 26.0 Å². The predicted octanol–water partition coefficient (Wildman–Crippen LogP) is 4.54. The number of halogens is 2. The molecule has 1 aliphatic rings. The SMILES string of the molecule is COc1ccc(CN2CCC(NC(=O)CCCOc3ccccc3Br)CC2)cc1F. The standard InChI is InChI=1S/C23H28BrFN2O3/c1-29-22-9-8-17(15-20(22)25)16-27-12-10-18(11-13-27)26-23(28)7-4-14-30-21-6-3-2-5-19(21)24/h2-3,5-6,8-9,15,18H,4,7,10-14,16H2,1H3,(H,26,28). The Morgan fingerprint density at radius 1 is 1.20 bits per heavy atom. The van der Waals surface area contributed by atoms with E-state index >= 15 is 0 Å². The molecule has 2 aromatic rings. The summed E-state index contributed by atoms with van der Waals surface area (Å²) >= 11 is 3.45. The Kier molecular flexibility index (Phi) is 8.51. The Morgan fingerprint density at radius 3 is 2.67 bits per heavy atom. The zero-order valence-corrected chi connectivity index (χ0v) is 18.8. The van der Waals surface area contributed by atoms with Gasteiger partial charge in [-0.3, -0.25) is 9.69 Å². The molecule has 1 saturated heterocycles. The maximum absolute atomic E-state index is 13.9. The van der Waals surface area contributed by atoms with Gasteiger partial charge in [0.15, 0.2) is 11.6 Å². The summed E-state index contributed by atoms with van der Waals surface area (Å²) in [4.78, 5) is 14.5. The Labute approximate surface area is 185 Å². The van der Waals surface area contributed by atoms with Crippen LogP contribution in [-0.2, 0) is 11.3 Å². The second kappa shape index (κ2) is 11.3. The molecule has 1 N–H and O–H groups in total. The molecule has 0 atom stereocenters. The summed E-state index contributed by atoms with van der Waals surface area (Å²) in [6.07, 6.45) is 2.93. The lowest BCUT2D eigenvalue weighted by molar-refractivity contribution is -0.122. The summed E-state index contributed by atoms with van der Waals surface area (Å²) in [6.45, 7) is 2.97. The fourth-order valence-electron chi connectivity index (χ4n) is 3.58. The van der Waals surface area contributed by atoms with Crippen molar-refractivity contribution in [3.63, 3.8) is 0 Å². The quantitative estimate of drug-likeness (QED) is 0.537. The molecule has 1 fully saturated rings. The van der Waals surface area contributed by atoms with Crippen molar-refractivity contribution in [3.05, 3.63) is 58.3 Å². The van der Waals surface area contributed by atoms with Gasteiger partial charge >= 0.3 is 0 Å². The fraction of sp³-hybridized carbons (Fsp3) is 0.435. The smallest absolute Gasteiger partial charge is 0.220 e. The Balaban J connectivity index is 1.32. The second-order valence-corrected chi connectivity index (χ2v) is 8.32. The van der Waals surface area contributed by atoms with E-state index in [2.05, 4.69) is 26.1 Å². The summed E-state index contributed by atoms with van der Waals surface area (Å²) in [5.74, 6) is 0.797. The van der Waals surface area contributed by atoms with Crippen molar-refractivity contribution >= 4 is 21.8 Å². The first-order valence-electron chi connectivity index (χ1n) is 10.3. The van der Waals surface area contributed by atoms with Crippen LogP contribution in [-0.4, -0.2) is 43.7 Å². The summed E-state index contributed by atoms with van der Waals surface area (Å²) in [7, 11) is 1.46. The van der Waals surface area contributed by atoms with Crippen LogP contribution < -0.4 is 14.8 Å². The third-order valence-corrected chi connectivity index (χ3v) is 5.87. The molecule has 2 aromatic carbocycles. The number of rotatable bonds is 9. The molecule has 0 bridgehead atoms. The van der Waals surface area contributed by atoms with Gasteiger partial charge in [-0.25, -0.2) is 4.39 Å². The third-order valence-electron chi connectivity index (χ3n) is 5.22. The minimum absolute atomic E-state index is 0.0707. The first-order chi connectivity index (χ1) is 14.5. The number of piperidine rings is 1. The highest BCUT2D eigenvalue weighted by molar-refractivity contribution is 9.10. The third kappa shape index (κ3) is 6.71. The van der Waals surface area contributed by atoms with E-state index in [1.165, 1.54) is 13.2 Å². The molecule has 0 saturated carbocycles. The van der Waals surface area contributed by atoms with E-state index in [0.717, 1.165) is 41.7 Å². The summed E-state index contributed by atoms with van der Waals surface area (Å²) < 4.78 is 25.4. The molecule has 30 heavy (non-hydrogen) atoms. The number of methoxy groups -OCH3 is 1. The van der Waals surface area contributed by atoms with E-state index < -0.39 is 0 Å². The summed E-state index contributed by atoms with van der Waals surface area (Å²) in [5.41, 5.74) is 0.931. The molecular weight excluding hydrogens is 451 g/mol. The molecule has 0 aliphatic carbocycles. The van der Waals surface area contributed by atoms with Crippen molar-refractivity contribution < 1.29 is 18.7 Å². The number of nitrogens with one attached hydrogen (secondary N) is 1. The lowest BCUT2D eigenvalue weighted by Crippen LogP contribution is -2.44. The number of carbonyl (C=O) groups excluding carboxylic acids is 1. The van der Waals surface area contributed by atoms with E-state index in [9.17, 15) is 9.18 Å². The zero-order chi connectivity index (χ0) is 21.3. The van der Waals surface area contributed by atoms with Gasteiger partial charge in [-0.15, -0.1) is 0 Å². The van der Waals surface area contributed by atoms with Crippen molar-refractivity contribution in [2.75, 3.05) is 26.8 Å². The molecule has 162 valence electrons. The lowest BCUT2D eigenvalue weighted by atomic mass is 10.0. The van der Waals surface area contributed by atoms with Crippen LogP contribution in [0.3, 0.4) is 0 Å². The summed E-state index contributed by atoms with van der Waals surface area (Å²) in [6, 6.07) is 13.0. The average molecular weight is 479 g/mol. The van der Waals surface area contributed by atoms with Gasteiger partial charge in [0.2, 0.25) is 5.91 Å². The van der Waals surface area contributed by atoms with Crippen molar-refractivity contribution in [2.24, 2.45) is 0 Å². The van der Waals surface area contributed by atoms with Crippen LogP contribution in [0.2, 0.25) is 0 Å². The molecule has 0 spiro atoms. The van der Waals surface area contributed by atoms with Gasteiger partial charge in [-0.1, -0.05) is 18.2 Å². The number of amides is 1. The minimum atomic E-state index is -0.333. The van der Waals surface area contributed by atoms with Gasteiger partial charge in [-0.2, -0.15) is 0 Å². The number of likely N-dealkylation sites (tertiary alicyclic amines) is 1. The molecule has 3 rings (SSSR count). The maximum Gasteiger partial charge on any atom is 0.220 e. The average Bonchev–Trinajstić information content (AvgIpc) is 2.74. The number of benzene rings is 2. The number of hydrogen-bond acceptors (Lipinski definition) is 4. The Morgan fingerprint density at radius 2 is 1.97 bits per heavy atom. The number of nitrogens with zero attached hydrogens (tertiary/aromatic N) is 1. The first-order valence-corrected chi connectivity index (χ1v) is 11.1. The normalized spacial score (nSPS) is 15.0. The van der Waals surface area contributed by atoms with E-state index in [-0.39, 0.29) is 23.5 Å². The number of hydrogen-bond donors (Lipinski definition) is 1. The van der Waals surface area contributed by atoms with Crippen LogP contribution in [0.25, 0.3) is 0 Å². The van der Waals surface area contributed by atoms with Gasteiger partial charge in [0.25, 0.3) is 0 Å². The number of carbonyl (C=O) groups is 1. The maximum atomic E-state index is 13.9. The van der Waals surface area contributed by atoms with Gasteiger partial charge in [0.1, 0.15) is 5.75 Å². The predicted molar refractivity (Wildman–Crippen MR) is 118 cm³/mol. The molecule has 0 unspecified atom stereocenters. The van der Waals surface area contributed by atoms with Crippen LogP contribution >= 0.6 is 15.9 Å². The number of para-hydroxylation sites is 1. The van der Waals surface area contributed by atoms with Gasteiger partial charge in [0, 0.05) is 32.1 Å². The van der Waals surface area contributed by atoms with Crippen molar-refractivity contribution in [3.8, 4) is 11.5 Å².